The van der Waals surface area contributed by atoms with Crippen molar-refractivity contribution in [3.05, 3.63) is 0 Å². The highest BCUT2D eigenvalue weighted by molar-refractivity contribution is 5.73. The lowest BCUT2D eigenvalue weighted by molar-refractivity contribution is -0.346. The zero-order chi connectivity index (χ0) is 53.5. The number of rotatable bonds is 17. The van der Waals surface area contributed by atoms with Gasteiger partial charge in [-0.3, -0.25) is 28.8 Å². The van der Waals surface area contributed by atoms with Crippen LogP contribution in [0.25, 0.3) is 0 Å². The van der Waals surface area contributed by atoms with E-state index < -0.39 is 140 Å². The van der Waals surface area contributed by atoms with Crippen LogP contribution in [0.3, 0.4) is 0 Å². The van der Waals surface area contributed by atoms with E-state index in [2.05, 4.69) is 0 Å². The molecule has 22 heteroatoms. The summed E-state index contributed by atoms with van der Waals surface area (Å²) in [5.74, 6) is -4.57. The topological polar surface area (TPSA) is 232 Å². The van der Waals surface area contributed by atoms with E-state index in [9.17, 15) is 28.8 Å². The lowest BCUT2D eigenvalue weighted by Gasteiger charge is -2.51. The van der Waals surface area contributed by atoms with Gasteiger partial charge in [0.1, 0.15) is 30.5 Å². The minimum atomic E-state index is -1.38. The molecule has 0 unspecified atom stereocenters. The molecule has 3 rings (SSSR count). The van der Waals surface area contributed by atoms with Gasteiger partial charge in [0, 0.05) is 88.4 Å². The van der Waals surface area contributed by atoms with E-state index in [1.54, 1.807) is 60.5 Å². The number of methoxy groups -OCH3 is 3. The molecular weight excluding hydrogens is 935 g/mol. The lowest BCUT2D eigenvalue weighted by Crippen LogP contribution is -2.67. The summed E-state index contributed by atoms with van der Waals surface area (Å²) in [4.78, 5) is 79.9. The number of ether oxygens (including phenoxy) is 13. The first-order valence-electron chi connectivity index (χ1n) is 24.7. The molecule has 410 valence electrons. The highest BCUT2D eigenvalue weighted by atomic mass is 16.7. The molecule has 3 saturated heterocycles. The normalized spacial score (nSPS) is 35.3. The maximum Gasteiger partial charge on any atom is 0.309 e. The molecule has 3 aliphatic heterocycles. The fraction of sp³-hybridized carbons (Fsp3) is 0.878. The second-order valence-corrected chi connectivity index (χ2v) is 19.4. The van der Waals surface area contributed by atoms with Gasteiger partial charge >= 0.3 is 35.8 Å². The van der Waals surface area contributed by atoms with Gasteiger partial charge in [0.2, 0.25) is 0 Å². The number of carbonyl (C=O) groups excluding carboxylic acids is 6. The molecule has 0 radical (unpaired) electrons. The minimum absolute atomic E-state index is 0.0263. The van der Waals surface area contributed by atoms with Gasteiger partial charge in [-0.1, -0.05) is 20.8 Å². The Bertz CT molecular complexity index is 1720. The van der Waals surface area contributed by atoms with E-state index in [4.69, 9.17) is 61.6 Å². The van der Waals surface area contributed by atoms with Gasteiger partial charge in [-0.15, -0.1) is 0 Å². The minimum Gasteiger partial charge on any atom is -0.463 e. The number of likely N-dealkylation sites (N-methyl/N-ethyl adjacent to an activating group) is 2. The van der Waals surface area contributed by atoms with Gasteiger partial charge in [0.05, 0.1) is 37.3 Å². The second-order valence-electron chi connectivity index (χ2n) is 19.4. The monoisotopic (exact) mass is 1020 g/mol. The third-order valence-electron chi connectivity index (χ3n) is 13.4. The fourth-order valence-electron chi connectivity index (χ4n) is 9.73. The Balaban J connectivity index is 2.27. The van der Waals surface area contributed by atoms with Crippen molar-refractivity contribution in [3.8, 4) is 0 Å². The van der Waals surface area contributed by atoms with Crippen LogP contribution in [0.15, 0.2) is 0 Å². The van der Waals surface area contributed by atoms with Gasteiger partial charge in [-0.2, -0.15) is 0 Å². The molecule has 3 fully saturated rings. The third-order valence-corrected chi connectivity index (χ3v) is 13.4. The van der Waals surface area contributed by atoms with Crippen LogP contribution in [-0.4, -0.2) is 205 Å². The molecule has 0 N–H and O–H groups in total. The van der Waals surface area contributed by atoms with Crippen LogP contribution >= 0.6 is 0 Å². The van der Waals surface area contributed by atoms with E-state index in [1.807, 2.05) is 31.0 Å². The SMILES string of the molecule is CCC(=O)O[C@@H]1CC(=O)O[C@H](C)CCN(C)N(C)C[C@H](OC(C)=O)[C@H](C)C[C@H](CC(OC)OC)[C@H](O[C@@H]2O[C@H](C)[C@@H](O[C@H]3C[C@@](C)(OC(C)=O)[C@@H](OC(=O)CC)[C@H](C)O3)[C@H](N(C)C)[C@H]2OC(C)=O)[C@H]1OC. The Hall–Kier alpha value is -3.58. The molecule has 0 aromatic heterocycles. The van der Waals surface area contributed by atoms with E-state index in [0.717, 1.165) is 0 Å². The Morgan fingerprint density at radius 3 is 1.93 bits per heavy atom. The molecule has 0 saturated carbocycles. The van der Waals surface area contributed by atoms with Crippen LogP contribution in [0.4, 0.5) is 0 Å². The van der Waals surface area contributed by atoms with Crippen LogP contribution in [0, 0.1) is 11.8 Å². The second kappa shape index (κ2) is 28.8. The number of hydrogen-bond donors (Lipinski definition) is 0. The summed E-state index contributed by atoms with van der Waals surface area (Å²) in [6.07, 6.45) is -12.4. The average Bonchev–Trinajstić information content (AvgIpc) is 3.27. The summed E-state index contributed by atoms with van der Waals surface area (Å²) < 4.78 is 80.5. The summed E-state index contributed by atoms with van der Waals surface area (Å²) in [5, 5.41) is 3.89. The van der Waals surface area contributed by atoms with E-state index in [1.165, 1.54) is 42.1 Å². The molecule has 0 aromatic carbocycles. The van der Waals surface area contributed by atoms with E-state index >= 15 is 0 Å². The summed E-state index contributed by atoms with van der Waals surface area (Å²) in [6.45, 7) is 16.7. The fourth-order valence-corrected chi connectivity index (χ4v) is 9.73. The Kier molecular flexibility index (Phi) is 25.0. The molecule has 0 aliphatic carbocycles. The van der Waals surface area contributed by atoms with Gasteiger partial charge < -0.3 is 66.5 Å². The molecule has 0 spiro atoms. The molecule has 0 aromatic rings. The lowest BCUT2D eigenvalue weighted by atomic mass is 9.82. The van der Waals surface area contributed by atoms with Crippen molar-refractivity contribution >= 4 is 35.8 Å². The standard InChI is InChI=1S/C49H85N3O19/c1-18-37(56)67-35-24-39(58)62-28(4)20-21-51(13)52(14)26-36(65-31(7)53)27(3)22-34(23-40(59-15)60-16)44(45(35)61-17)70-48-46(66-32(8)54)42(50(11)12)43(29(5)64-48)69-41-25-49(10,71-33(9)55)47(30(6)63-41)68-38(57)19-2/h27-30,34-36,40-48H,18-26H2,1-17H3/t27-,28-,29-,30+,34-,35-,36+,41+,42+,43-,44+,45+,46-,47+,48+,49-/m1/s1. The van der Waals surface area contributed by atoms with Gasteiger partial charge in [-0.25, -0.2) is 10.0 Å². The number of hydrazine groups is 1. The molecular formula is C49H85N3O19. The Morgan fingerprint density at radius 1 is 0.761 bits per heavy atom. The third kappa shape index (κ3) is 18.1. The number of nitrogens with zero attached hydrogens (tertiary/aromatic N) is 3. The summed E-state index contributed by atoms with van der Waals surface area (Å²) in [5.41, 5.74) is -1.36. The first kappa shape index (κ1) is 61.7. The number of cyclic esters (lactones) is 1. The molecule has 0 bridgehead atoms. The first-order chi connectivity index (χ1) is 33.3. The Morgan fingerprint density at radius 2 is 1.38 bits per heavy atom. The van der Waals surface area contributed by atoms with E-state index in [-0.39, 0.29) is 38.0 Å². The smallest absolute Gasteiger partial charge is 0.309 e. The maximum absolute atomic E-state index is 13.9. The van der Waals surface area contributed by atoms with Crippen molar-refractivity contribution in [1.29, 1.82) is 0 Å². The summed E-state index contributed by atoms with van der Waals surface area (Å²) in [6, 6.07) is -0.816. The van der Waals surface area contributed by atoms with Crippen molar-refractivity contribution in [2.75, 3.05) is 62.6 Å². The van der Waals surface area contributed by atoms with Crippen LogP contribution in [0.1, 0.15) is 114 Å². The molecule has 16 atom stereocenters. The van der Waals surface area contributed by atoms with E-state index in [0.29, 0.717) is 19.5 Å². The predicted octanol–water partition coefficient (Wildman–Crippen LogP) is 3.57. The molecule has 0 amide bonds. The zero-order valence-corrected chi connectivity index (χ0v) is 45.2. The highest BCUT2D eigenvalue weighted by Crippen LogP contribution is 2.40. The van der Waals surface area contributed by atoms with Crippen LogP contribution < -0.4 is 0 Å². The molecule has 22 nitrogen and oxygen atoms in total. The van der Waals surface area contributed by atoms with Crippen molar-refractivity contribution in [1.82, 2.24) is 14.9 Å². The van der Waals surface area contributed by atoms with Gasteiger partial charge in [-0.05, 0) is 66.5 Å². The molecule has 3 heterocycles. The van der Waals surface area contributed by atoms with Crippen LogP contribution in [0.5, 0.6) is 0 Å². The highest BCUT2D eigenvalue weighted by Gasteiger charge is 2.56. The first-order valence-corrected chi connectivity index (χ1v) is 24.7. The largest absolute Gasteiger partial charge is 0.463 e. The zero-order valence-electron chi connectivity index (χ0n) is 45.2. The van der Waals surface area contributed by atoms with Crippen molar-refractivity contribution in [2.24, 2.45) is 11.8 Å². The van der Waals surface area contributed by atoms with Crippen molar-refractivity contribution in [2.45, 2.75) is 206 Å². The summed E-state index contributed by atoms with van der Waals surface area (Å²) >= 11 is 0. The molecule has 3 aliphatic rings. The van der Waals surface area contributed by atoms with Crippen molar-refractivity contribution in [3.63, 3.8) is 0 Å². The van der Waals surface area contributed by atoms with Crippen LogP contribution in [0.2, 0.25) is 0 Å². The maximum atomic E-state index is 13.9. The number of hydrogen-bond acceptors (Lipinski definition) is 22. The van der Waals surface area contributed by atoms with Crippen LogP contribution in [-0.2, 0) is 90.3 Å². The summed E-state index contributed by atoms with van der Waals surface area (Å²) in [7, 11) is 11.7. The Labute approximate surface area is 420 Å². The number of carbonyl (C=O) groups is 6. The average molecular weight is 1020 g/mol. The molecule has 71 heavy (non-hydrogen) atoms. The predicted molar refractivity (Wildman–Crippen MR) is 253 cm³/mol. The van der Waals surface area contributed by atoms with Gasteiger partial charge in [0.15, 0.2) is 36.7 Å². The van der Waals surface area contributed by atoms with Crippen molar-refractivity contribution < 1.29 is 90.3 Å². The number of esters is 6. The quantitative estimate of drug-likeness (QED) is 0.115. The van der Waals surface area contributed by atoms with Gasteiger partial charge in [0.25, 0.3) is 0 Å².